The fourth-order valence-corrected chi connectivity index (χ4v) is 3.45. The Balaban J connectivity index is 2.32. The summed E-state index contributed by atoms with van der Waals surface area (Å²) in [7, 11) is 0. The van der Waals surface area contributed by atoms with Crippen molar-refractivity contribution in [2.75, 3.05) is 4.31 Å². The lowest BCUT2D eigenvalue weighted by molar-refractivity contribution is 0.0737. The van der Waals surface area contributed by atoms with Crippen molar-refractivity contribution in [2.24, 2.45) is 0 Å². The zero-order chi connectivity index (χ0) is 15.8. The molecule has 21 heavy (non-hydrogen) atoms. The van der Waals surface area contributed by atoms with Gasteiger partial charge in [-0.05, 0) is 53.2 Å². The normalized spacial score (nSPS) is 17.0. The highest BCUT2D eigenvalue weighted by atomic mass is 32.2. The molecule has 114 valence electrons. The second-order valence-electron chi connectivity index (χ2n) is 6.85. The van der Waals surface area contributed by atoms with Gasteiger partial charge in [0.15, 0.2) is 0 Å². The smallest absolute Gasteiger partial charge is 0.388 e. The van der Waals surface area contributed by atoms with Crippen LogP contribution in [0.25, 0.3) is 5.57 Å². The quantitative estimate of drug-likeness (QED) is 0.522. The van der Waals surface area contributed by atoms with Crippen molar-refractivity contribution in [3.63, 3.8) is 0 Å². The van der Waals surface area contributed by atoms with E-state index in [0.717, 1.165) is 23.2 Å². The molecular weight excluding hydrogens is 282 g/mol. The lowest BCUT2D eigenvalue weighted by Crippen LogP contribution is -2.41. The Hall–Kier alpha value is -1.42. The van der Waals surface area contributed by atoms with Gasteiger partial charge in [0.1, 0.15) is 5.60 Å². The minimum Gasteiger partial charge on any atom is -0.451 e. The number of benzene rings is 1. The van der Waals surface area contributed by atoms with Crippen molar-refractivity contribution in [3.05, 3.63) is 35.9 Å². The second kappa shape index (κ2) is 5.41. The van der Waals surface area contributed by atoms with Crippen LogP contribution in [0, 0.1) is 0 Å². The fourth-order valence-electron chi connectivity index (χ4n) is 2.47. The highest BCUT2D eigenvalue weighted by molar-refractivity contribution is 8.14. The topological polar surface area (TPSA) is 29.5 Å². The summed E-state index contributed by atoms with van der Waals surface area (Å²) in [6.07, 6.45) is 2.19. The van der Waals surface area contributed by atoms with Gasteiger partial charge in [0.05, 0.1) is 23.2 Å². The predicted molar refractivity (Wildman–Crippen MR) is 90.5 cm³/mol. The molecule has 0 saturated carbocycles. The Kier molecular flexibility index (Phi) is 4.11. The molecule has 1 aliphatic rings. The molecule has 0 atom stereocenters. The lowest BCUT2D eigenvalue weighted by Gasteiger charge is -2.41. The summed E-state index contributed by atoms with van der Waals surface area (Å²) < 4.78 is 7.47. The Bertz CT molecular complexity index is 585. The average Bonchev–Trinajstić information content (AvgIpc) is 2.32. The summed E-state index contributed by atoms with van der Waals surface area (Å²) in [5.74, 6) is 0. The first-order chi connectivity index (χ1) is 9.60. The van der Waals surface area contributed by atoms with E-state index < -0.39 is 5.60 Å². The number of para-hydroxylation sites is 1. The highest BCUT2D eigenvalue weighted by Crippen LogP contribution is 2.43. The van der Waals surface area contributed by atoms with E-state index in [4.69, 9.17) is 4.74 Å². The Morgan fingerprint density at radius 1 is 1.24 bits per heavy atom. The molecule has 0 saturated heterocycles. The molecule has 4 heteroatoms. The van der Waals surface area contributed by atoms with Gasteiger partial charge in [-0.15, -0.1) is 0 Å². The number of rotatable bonds is 1. The molecule has 0 aromatic heterocycles. The molecule has 2 rings (SSSR count). The van der Waals surface area contributed by atoms with Crippen molar-refractivity contribution >= 4 is 28.5 Å². The van der Waals surface area contributed by atoms with Gasteiger partial charge in [-0.25, -0.2) is 4.79 Å². The van der Waals surface area contributed by atoms with Gasteiger partial charge in [0.25, 0.3) is 0 Å². The number of allylic oxidation sites excluding steroid dienone is 1. The summed E-state index contributed by atoms with van der Waals surface area (Å²) in [6, 6.07) is 8.14. The molecule has 1 heterocycles. The Morgan fingerprint density at radius 2 is 1.86 bits per heavy atom. The monoisotopic (exact) mass is 305 g/mol. The molecule has 1 aromatic rings. The van der Waals surface area contributed by atoms with E-state index in [1.54, 1.807) is 0 Å². The minimum absolute atomic E-state index is 0.250. The summed E-state index contributed by atoms with van der Waals surface area (Å²) >= 11 is 1.13. The zero-order valence-electron chi connectivity index (χ0n) is 13.6. The third kappa shape index (κ3) is 3.62. The van der Waals surface area contributed by atoms with Gasteiger partial charge < -0.3 is 4.74 Å². The van der Waals surface area contributed by atoms with E-state index in [1.165, 1.54) is 5.57 Å². The standard InChI is InChI=1S/C17H23NO2S/c1-12-11-17(5,6)18(14-10-8-7-9-13(12)14)21-15(19)20-16(2,3)4/h7-11H,1-6H3. The van der Waals surface area contributed by atoms with Crippen molar-refractivity contribution in [3.8, 4) is 0 Å². The second-order valence-corrected chi connectivity index (χ2v) is 7.73. The fraction of sp³-hybridized carbons (Fsp3) is 0.471. The van der Waals surface area contributed by atoms with Crippen molar-refractivity contribution in [1.29, 1.82) is 0 Å². The van der Waals surface area contributed by atoms with E-state index in [1.807, 2.05) is 43.3 Å². The van der Waals surface area contributed by atoms with E-state index >= 15 is 0 Å². The van der Waals surface area contributed by atoms with Gasteiger partial charge in [-0.3, -0.25) is 4.31 Å². The van der Waals surface area contributed by atoms with E-state index in [-0.39, 0.29) is 10.8 Å². The van der Waals surface area contributed by atoms with Gasteiger partial charge in [-0.2, -0.15) is 0 Å². The molecule has 3 nitrogen and oxygen atoms in total. The van der Waals surface area contributed by atoms with Crippen LogP contribution in [0.1, 0.15) is 47.1 Å². The largest absolute Gasteiger partial charge is 0.451 e. The van der Waals surface area contributed by atoms with Crippen LogP contribution in [0.2, 0.25) is 0 Å². The molecule has 0 aliphatic carbocycles. The van der Waals surface area contributed by atoms with Crippen LogP contribution in [0.3, 0.4) is 0 Å². The molecule has 1 aliphatic heterocycles. The Morgan fingerprint density at radius 3 is 2.48 bits per heavy atom. The first-order valence-corrected chi connectivity index (χ1v) is 7.87. The number of hydrogen-bond donors (Lipinski definition) is 0. The first kappa shape index (κ1) is 16.0. The van der Waals surface area contributed by atoms with Gasteiger partial charge >= 0.3 is 5.30 Å². The van der Waals surface area contributed by atoms with E-state index in [2.05, 4.69) is 32.9 Å². The van der Waals surface area contributed by atoms with Gasteiger partial charge in [0.2, 0.25) is 0 Å². The first-order valence-electron chi connectivity index (χ1n) is 7.10. The van der Waals surface area contributed by atoms with Crippen molar-refractivity contribution < 1.29 is 9.53 Å². The number of nitrogens with zero attached hydrogens (tertiary/aromatic N) is 1. The van der Waals surface area contributed by atoms with Crippen LogP contribution in [-0.2, 0) is 4.74 Å². The number of ether oxygens (including phenoxy) is 1. The van der Waals surface area contributed by atoms with Gasteiger partial charge in [0, 0.05) is 5.56 Å². The summed E-state index contributed by atoms with van der Waals surface area (Å²) in [6.45, 7) is 11.9. The molecule has 0 spiro atoms. The van der Waals surface area contributed by atoms with Crippen LogP contribution >= 0.6 is 11.9 Å². The number of fused-ring (bicyclic) bond motifs is 1. The van der Waals surface area contributed by atoms with Crippen molar-refractivity contribution in [1.82, 2.24) is 0 Å². The van der Waals surface area contributed by atoms with Crippen LogP contribution < -0.4 is 4.31 Å². The minimum atomic E-state index is -0.477. The number of carbonyl (C=O) groups is 1. The maximum atomic E-state index is 12.2. The molecule has 0 bridgehead atoms. The van der Waals surface area contributed by atoms with Crippen molar-refractivity contribution in [2.45, 2.75) is 52.7 Å². The predicted octanol–water partition coefficient (Wildman–Crippen LogP) is 5.27. The number of hydrogen-bond acceptors (Lipinski definition) is 4. The summed E-state index contributed by atoms with van der Waals surface area (Å²) in [5, 5.41) is -0.279. The van der Waals surface area contributed by atoms with Crippen LogP contribution in [0.15, 0.2) is 30.3 Å². The molecule has 0 radical (unpaired) electrons. The van der Waals surface area contributed by atoms with E-state index in [9.17, 15) is 4.79 Å². The Labute approximate surface area is 131 Å². The summed E-state index contributed by atoms with van der Waals surface area (Å²) in [4.78, 5) is 12.2. The molecule has 0 unspecified atom stereocenters. The molecule has 1 aromatic carbocycles. The van der Waals surface area contributed by atoms with Crippen LogP contribution in [0.4, 0.5) is 10.5 Å². The molecule has 0 N–H and O–H groups in total. The SMILES string of the molecule is CC1=CC(C)(C)N(SC(=O)OC(C)(C)C)c2ccccc21. The maximum absolute atomic E-state index is 12.2. The van der Waals surface area contributed by atoms with Crippen LogP contribution in [-0.4, -0.2) is 16.4 Å². The highest BCUT2D eigenvalue weighted by Gasteiger charge is 2.34. The zero-order valence-corrected chi connectivity index (χ0v) is 14.4. The van der Waals surface area contributed by atoms with Crippen LogP contribution in [0.5, 0.6) is 0 Å². The average molecular weight is 305 g/mol. The molecule has 0 fully saturated rings. The van der Waals surface area contributed by atoms with E-state index in [0.29, 0.717) is 0 Å². The number of anilines is 1. The third-order valence-corrected chi connectivity index (χ3v) is 4.28. The molecular formula is C17H23NO2S. The molecule has 0 amide bonds. The van der Waals surface area contributed by atoms with Gasteiger partial charge in [-0.1, -0.05) is 24.3 Å². The maximum Gasteiger partial charge on any atom is 0.388 e. The lowest BCUT2D eigenvalue weighted by atomic mass is 9.91. The summed E-state index contributed by atoms with van der Waals surface area (Å²) in [5.41, 5.74) is 2.72. The third-order valence-electron chi connectivity index (χ3n) is 3.20. The number of carbonyl (C=O) groups excluding carboxylic acids is 1.